The molecule has 2 aromatic rings. The fourth-order valence-electron chi connectivity index (χ4n) is 2.13. The predicted molar refractivity (Wildman–Crippen MR) is 81.8 cm³/mol. The van der Waals surface area contributed by atoms with Gasteiger partial charge in [-0.05, 0) is 17.5 Å². The van der Waals surface area contributed by atoms with Crippen LogP contribution in [0.3, 0.4) is 0 Å². The van der Waals surface area contributed by atoms with Gasteiger partial charge >= 0.3 is 0 Å². The Balaban J connectivity index is 2.86. The van der Waals surface area contributed by atoms with Gasteiger partial charge in [0.1, 0.15) is 22.8 Å². The van der Waals surface area contributed by atoms with Crippen molar-refractivity contribution in [1.29, 1.82) is 0 Å². The number of nitrogen functional groups attached to an aromatic ring is 1. The highest BCUT2D eigenvalue weighted by molar-refractivity contribution is 6.37. The zero-order valence-electron chi connectivity index (χ0n) is 12.0. The molecule has 6 heteroatoms. The lowest BCUT2D eigenvalue weighted by Gasteiger charge is -2.16. The Bertz CT molecular complexity index is 644. The number of fused-ring (bicyclic) bond motifs is 1. The molecule has 0 amide bonds. The van der Waals surface area contributed by atoms with Crippen LogP contribution < -0.4 is 20.7 Å². The van der Waals surface area contributed by atoms with Crippen LogP contribution in [0, 0.1) is 0 Å². The van der Waals surface area contributed by atoms with E-state index in [1.165, 1.54) is 0 Å². The molecule has 0 spiro atoms. The molecule has 1 aromatic heterocycles. The molecule has 1 heterocycles. The third kappa shape index (κ3) is 2.34. The summed E-state index contributed by atoms with van der Waals surface area (Å²) in [6.45, 7) is 4.13. The first kappa shape index (κ1) is 14.7. The normalized spacial score (nSPS) is 10.9. The number of pyridine rings is 1. The lowest BCUT2D eigenvalue weighted by Crippen LogP contribution is -2.12. The molecule has 0 saturated carbocycles. The Hall–Kier alpha value is -1.72. The first-order chi connectivity index (χ1) is 9.53. The first-order valence-electron chi connectivity index (χ1n) is 6.25. The highest BCUT2D eigenvalue weighted by Gasteiger charge is 2.17. The first-order valence-corrected chi connectivity index (χ1v) is 6.63. The molecule has 20 heavy (non-hydrogen) atoms. The molecule has 0 fully saturated rings. The molecule has 0 aliphatic heterocycles. The number of aromatic nitrogens is 1. The summed E-state index contributed by atoms with van der Waals surface area (Å²) in [5.74, 6) is 7.57. The molecule has 0 saturated heterocycles. The fourth-order valence-corrected chi connectivity index (χ4v) is 2.40. The SMILES string of the molecule is COc1cc(OC)c2nc(NN)c(C(C)C)cc2c1Cl. The van der Waals surface area contributed by atoms with Crippen molar-refractivity contribution in [2.75, 3.05) is 19.6 Å². The van der Waals surface area contributed by atoms with Crippen LogP contribution in [0.4, 0.5) is 5.82 Å². The number of halogens is 1. The Morgan fingerprint density at radius 2 is 1.85 bits per heavy atom. The number of ether oxygens (including phenoxy) is 2. The molecule has 0 aliphatic rings. The van der Waals surface area contributed by atoms with Gasteiger partial charge < -0.3 is 14.9 Å². The van der Waals surface area contributed by atoms with Crippen LogP contribution in [0.25, 0.3) is 10.9 Å². The van der Waals surface area contributed by atoms with Gasteiger partial charge in [0.05, 0.1) is 19.2 Å². The number of rotatable bonds is 4. The molecule has 2 rings (SSSR count). The van der Waals surface area contributed by atoms with E-state index < -0.39 is 0 Å². The average molecular weight is 296 g/mol. The Labute approximate surface area is 123 Å². The van der Waals surface area contributed by atoms with E-state index in [1.54, 1.807) is 20.3 Å². The number of hydrogen-bond donors (Lipinski definition) is 2. The molecule has 1 aromatic carbocycles. The minimum absolute atomic E-state index is 0.256. The molecule has 0 aliphatic carbocycles. The van der Waals surface area contributed by atoms with Gasteiger partial charge in [-0.3, -0.25) is 0 Å². The summed E-state index contributed by atoms with van der Waals surface area (Å²) in [7, 11) is 3.15. The van der Waals surface area contributed by atoms with Crippen molar-refractivity contribution in [2.45, 2.75) is 19.8 Å². The number of hydrazine groups is 1. The van der Waals surface area contributed by atoms with Gasteiger partial charge in [0.2, 0.25) is 0 Å². The third-order valence-corrected chi connectivity index (χ3v) is 3.59. The van der Waals surface area contributed by atoms with Gasteiger partial charge in [-0.1, -0.05) is 25.4 Å². The van der Waals surface area contributed by atoms with E-state index in [-0.39, 0.29) is 5.92 Å². The van der Waals surface area contributed by atoms with Crippen LogP contribution >= 0.6 is 11.6 Å². The monoisotopic (exact) mass is 295 g/mol. The smallest absolute Gasteiger partial charge is 0.148 e. The van der Waals surface area contributed by atoms with Crippen LogP contribution in [0.2, 0.25) is 5.02 Å². The Morgan fingerprint density at radius 1 is 1.20 bits per heavy atom. The van der Waals surface area contributed by atoms with Crippen LogP contribution in [0.5, 0.6) is 11.5 Å². The second-order valence-electron chi connectivity index (χ2n) is 4.72. The number of benzene rings is 1. The molecule has 0 bridgehead atoms. The van der Waals surface area contributed by atoms with Crippen molar-refractivity contribution in [3.63, 3.8) is 0 Å². The maximum absolute atomic E-state index is 6.37. The van der Waals surface area contributed by atoms with Gasteiger partial charge in [0.25, 0.3) is 0 Å². The summed E-state index contributed by atoms with van der Waals surface area (Å²) in [5, 5.41) is 1.30. The molecule has 5 nitrogen and oxygen atoms in total. The quantitative estimate of drug-likeness (QED) is 0.669. The average Bonchev–Trinajstić information content (AvgIpc) is 2.46. The maximum Gasteiger partial charge on any atom is 0.148 e. The predicted octanol–water partition coefficient (Wildman–Crippen LogP) is 3.31. The van der Waals surface area contributed by atoms with E-state index >= 15 is 0 Å². The highest BCUT2D eigenvalue weighted by Crippen LogP contribution is 2.40. The minimum atomic E-state index is 0.256. The number of nitrogens with two attached hydrogens (primary N) is 1. The highest BCUT2D eigenvalue weighted by atomic mass is 35.5. The van der Waals surface area contributed by atoms with Gasteiger partial charge in [-0.2, -0.15) is 0 Å². The summed E-state index contributed by atoms with van der Waals surface area (Å²) in [6, 6.07) is 3.68. The van der Waals surface area contributed by atoms with Crippen molar-refractivity contribution >= 4 is 28.3 Å². The van der Waals surface area contributed by atoms with E-state index in [2.05, 4.69) is 24.3 Å². The number of methoxy groups -OCH3 is 2. The zero-order valence-corrected chi connectivity index (χ0v) is 12.7. The van der Waals surface area contributed by atoms with Crippen molar-refractivity contribution in [3.8, 4) is 11.5 Å². The van der Waals surface area contributed by atoms with Crippen molar-refractivity contribution < 1.29 is 9.47 Å². The second-order valence-corrected chi connectivity index (χ2v) is 5.09. The van der Waals surface area contributed by atoms with Crippen molar-refractivity contribution in [3.05, 3.63) is 22.7 Å². The van der Waals surface area contributed by atoms with Crippen LogP contribution in [0.15, 0.2) is 12.1 Å². The van der Waals surface area contributed by atoms with E-state index in [0.717, 1.165) is 10.9 Å². The van der Waals surface area contributed by atoms with Gasteiger partial charge in [0, 0.05) is 11.5 Å². The zero-order chi connectivity index (χ0) is 14.9. The van der Waals surface area contributed by atoms with E-state index in [1.807, 2.05) is 6.07 Å². The summed E-state index contributed by atoms with van der Waals surface area (Å²) in [6.07, 6.45) is 0. The third-order valence-electron chi connectivity index (χ3n) is 3.20. The molecular weight excluding hydrogens is 278 g/mol. The molecule has 108 valence electrons. The Morgan fingerprint density at radius 3 is 2.35 bits per heavy atom. The Kier molecular flexibility index (Phi) is 4.20. The minimum Gasteiger partial charge on any atom is -0.495 e. The van der Waals surface area contributed by atoms with Gasteiger partial charge in [-0.15, -0.1) is 0 Å². The molecule has 0 radical (unpaired) electrons. The molecule has 0 unspecified atom stereocenters. The number of anilines is 1. The summed E-state index contributed by atoms with van der Waals surface area (Å²) in [5.41, 5.74) is 4.26. The lowest BCUT2D eigenvalue weighted by molar-refractivity contribution is 0.397. The fraction of sp³-hybridized carbons (Fsp3) is 0.357. The topological polar surface area (TPSA) is 69.4 Å². The van der Waals surface area contributed by atoms with E-state index in [0.29, 0.717) is 27.9 Å². The number of nitrogens with one attached hydrogen (secondary N) is 1. The lowest BCUT2D eigenvalue weighted by atomic mass is 10.0. The van der Waals surface area contributed by atoms with E-state index in [4.69, 9.17) is 26.9 Å². The van der Waals surface area contributed by atoms with Crippen LogP contribution in [-0.2, 0) is 0 Å². The van der Waals surface area contributed by atoms with E-state index in [9.17, 15) is 0 Å². The largest absolute Gasteiger partial charge is 0.495 e. The summed E-state index contributed by atoms with van der Waals surface area (Å²) < 4.78 is 10.6. The van der Waals surface area contributed by atoms with Crippen molar-refractivity contribution in [2.24, 2.45) is 5.84 Å². The number of hydrogen-bond acceptors (Lipinski definition) is 5. The van der Waals surface area contributed by atoms with Gasteiger partial charge in [0.15, 0.2) is 0 Å². The summed E-state index contributed by atoms with van der Waals surface area (Å²) >= 11 is 6.37. The maximum atomic E-state index is 6.37. The standard InChI is InChI=1S/C14H18ClN3O2/c1-7(2)8-5-9-12(15)10(19-3)6-11(20-4)13(9)17-14(8)18-16/h5-7H,16H2,1-4H3,(H,17,18). The van der Waals surface area contributed by atoms with Gasteiger partial charge in [-0.25, -0.2) is 10.8 Å². The molecule has 0 atom stereocenters. The number of nitrogens with zero attached hydrogens (tertiary/aromatic N) is 1. The molecular formula is C14H18ClN3O2. The second kappa shape index (κ2) is 5.73. The molecule has 3 N–H and O–H groups in total. The van der Waals surface area contributed by atoms with Crippen molar-refractivity contribution in [1.82, 2.24) is 4.98 Å². The van der Waals surface area contributed by atoms with Crippen LogP contribution in [0.1, 0.15) is 25.3 Å². The van der Waals surface area contributed by atoms with Crippen LogP contribution in [-0.4, -0.2) is 19.2 Å². The summed E-state index contributed by atoms with van der Waals surface area (Å²) in [4.78, 5) is 4.52.